The molecule has 28 heavy (non-hydrogen) atoms. The first-order chi connectivity index (χ1) is 13.7. The van der Waals surface area contributed by atoms with Gasteiger partial charge in [0.2, 0.25) is 0 Å². The topological polar surface area (TPSA) is 58.6 Å². The van der Waals surface area contributed by atoms with Crippen LogP contribution in [0.1, 0.15) is 34.3 Å². The van der Waals surface area contributed by atoms with Gasteiger partial charge in [-0.05, 0) is 43.8 Å². The Morgan fingerprint density at radius 1 is 1.00 bits per heavy atom. The predicted octanol–water partition coefficient (Wildman–Crippen LogP) is 3.28. The normalized spacial score (nSPS) is 23.2. The van der Waals surface area contributed by atoms with Gasteiger partial charge in [-0.1, -0.05) is 54.6 Å². The molecule has 3 aliphatic rings. The van der Waals surface area contributed by atoms with E-state index in [1.165, 1.54) is 0 Å². The van der Waals surface area contributed by atoms with Crippen molar-refractivity contribution in [3.05, 3.63) is 71.3 Å². The number of carbonyl (C=O) groups is 2. The van der Waals surface area contributed by atoms with E-state index in [-0.39, 0.29) is 18.0 Å². The number of ether oxygens (including phenoxy) is 1. The van der Waals surface area contributed by atoms with Gasteiger partial charge in [-0.2, -0.15) is 0 Å². The maximum Gasteiger partial charge on any atom is 0.407 e. The summed E-state index contributed by atoms with van der Waals surface area (Å²) in [7, 11) is 0. The molecule has 0 aliphatic carbocycles. The van der Waals surface area contributed by atoms with Crippen molar-refractivity contribution in [2.75, 3.05) is 26.2 Å². The van der Waals surface area contributed by atoms with Gasteiger partial charge < -0.3 is 10.1 Å². The Kier molecular flexibility index (Phi) is 5.72. The maximum atomic E-state index is 12.8. The van der Waals surface area contributed by atoms with E-state index >= 15 is 0 Å². The fourth-order valence-electron chi connectivity index (χ4n) is 4.23. The standard InChI is InChI=1S/C23H26N2O3/c26-22(19-7-2-1-3-8-19)20-9-5-4-6-17(20)10-13-24-23(27)28-21-16-25-14-11-18(21)12-15-25/h1-9,18,21H,10-16H2,(H,24,27). The van der Waals surface area contributed by atoms with Crippen LogP contribution < -0.4 is 5.32 Å². The Hall–Kier alpha value is -2.66. The second kappa shape index (κ2) is 8.57. The Labute approximate surface area is 165 Å². The zero-order valence-electron chi connectivity index (χ0n) is 16.0. The molecule has 1 N–H and O–H groups in total. The summed E-state index contributed by atoms with van der Waals surface area (Å²) in [4.78, 5) is 27.3. The minimum Gasteiger partial charge on any atom is -0.445 e. The first kappa shape index (κ1) is 18.7. The molecule has 0 spiro atoms. The highest BCUT2D eigenvalue weighted by Gasteiger charge is 2.36. The molecule has 5 nitrogen and oxygen atoms in total. The van der Waals surface area contributed by atoms with Crippen LogP contribution in [0.3, 0.4) is 0 Å². The monoisotopic (exact) mass is 378 g/mol. The van der Waals surface area contributed by atoms with Crippen molar-refractivity contribution in [2.45, 2.75) is 25.4 Å². The Balaban J connectivity index is 1.32. The average Bonchev–Trinajstić information content (AvgIpc) is 2.75. The highest BCUT2D eigenvalue weighted by Crippen LogP contribution is 2.29. The van der Waals surface area contributed by atoms with Crippen molar-refractivity contribution in [1.29, 1.82) is 0 Å². The second-order valence-corrected chi connectivity index (χ2v) is 7.61. The van der Waals surface area contributed by atoms with Gasteiger partial charge in [0.05, 0.1) is 0 Å². The molecular weight excluding hydrogens is 352 g/mol. The smallest absolute Gasteiger partial charge is 0.407 e. The van der Waals surface area contributed by atoms with Gasteiger partial charge in [0, 0.05) is 24.2 Å². The Morgan fingerprint density at radius 3 is 2.43 bits per heavy atom. The number of fused-ring (bicyclic) bond motifs is 3. The summed E-state index contributed by atoms with van der Waals surface area (Å²) < 4.78 is 5.65. The van der Waals surface area contributed by atoms with Crippen molar-refractivity contribution in [1.82, 2.24) is 10.2 Å². The van der Waals surface area contributed by atoms with Crippen LogP contribution in [0, 0.1) is 5.92 Å². The molecular formula is C23H26N2O3. The van der Waals surface area contributed by atoms with E-state index in [1.54, 1.807) is 0 Å². The lowest BCUT2D eigenvalue weighted by atomic mass is 9.86. The lowest BCUT2D eigenvalue weighted by Crippen LogP contribution is -2.52. The van der Waals surface area contributed by atoms with E-state index < -0.39 is 0 Å². The minimum atomic E-state index is -0.356. The molecule has 1 atom stereocenters. The van der Waals surface area contributed by atoms with Crippen molar-refractivity contribution in [3.63, 3.8) is 0 Å². The Morgan fingerprint density at radius 2 is 1.71 bits per heavy atom. The zero-order chi connectivity index (χ0) is 19.3. The lowest BCUT2D eigenvalue weighted by Gasteiger charge is -2.43. The number of nitrogens with one attached hydrogen (secondary N) is 1. The van der Waals surface area contributed by atoms with Crippen LogP contribution >= 0.6 is 0 Å². The molecule has 5 heteroatoms. The zero-order valence-corrected chi connectivity index (χ0v) is 16.0. The molecule has 2 bridgehead atoms. The number of benzene rings is 2. The van der Waals surface area contributed by atoms with E-state index in [2.05, 4.69) is 10.2 Å². The van der Waals surface area contributed by atoms with Crippen LogP contribution in [0.4, 0.5) is 4.79 Å². The number of amides is 1. The molecule has 3 saturated heterocycles. The summed E-state index contributed by atoms with van der Waals surface area (Å²) in [6.45, 7) is 3.54. The molecule has 0 saturated carbocycles. The number of nitrogens with zero attached hydrogens (tertiary/aromatic N) is 1. The van der Waals surface area contributed by atoms with E-state index in [0.29, 0.717) is 30.0 Å². The van der Waals surface area contributed by atoms with Crippen LogP contribution in [-0.4, -0.2) is 49.1 Å². The largest absolute Gasteiger partial charge is 0.445 e. The SMILES string of the molecule is O=C(NCCc1ccccc1C(=O)c1ccccc1)OC1CN2CCC1CC2. The van der Waals surface area contributed by atoms with Crippen molar-refractivity contribution in [2.24, 2.45) is 5.92 Å². The van der Waals surface area contributed by atoms with Crippen LogP contribution in [0.5, 0.6) is 0 Å². The summed E-state index contributed by atoms with van der Waals surface area (Å²) in [5.41, 5.74) is 2.28. The molecule has 3 aliphatic heterocycles. The van der Waals surface area contributed by atoms with Crippen molar-refractivity contribution in [3.8, 4) is 0 Å². The van der Waals surface area contributed by atoms with Gasteiger partial charge in [-0.15, -0.1) is 0 Å². The number of hydrogen-bond acceptors (Lipinski definition) is 4. The quantitative estimate of drug-likeness (QED) is 0.784. The molecule has 1 amide bonds. The number of ketones is 1. The third kappa shape index (κ3) is 4.25. The van der Waals surface area contributed by atoms with Gasteiger partial charge in [-0.3, -0.25) is 9.69 Å². The molecule has 2 aromatic carbocycles. The van der Waals surface area contributed by atoms with Gasteiger partial charge in [0.25, 0.3) is 0 Å². The Bertz CT molecular complexity index is 829. The average molecular weight is 378 g/mol. The number of piperidine rings is 3. The third-order valence-electron chi connectivity index (χ3n) is 5.82. The summed E-state index contributed by atoms with van der Waals surface area (Å²) in [6, 6.07) is 16.8. The summed E-state index contributed by atoms with van der Waals surface area (Å²) >= 11 is 0. The van der Waals surface area contributed by atoms with Gasteiger partial charge in [-0.25, -0.2) is 4.79 Å². The first-order valence-corrected chi connectivity index (χ1v) is 10.0. The molecule has 3 fully saturated rings. The van der Waals surface area contributed by atoms with Crippen LogP contribution in [-0.2, 0) is 11.2 Å². The van der Waals surface area contributed by atoms with E-state index in [0.717, 1.165) is 38.0 Å². The number of rotatable bonds is 6. The van der Waals surface area contributed by atoms with Gasteiger partial charge in [0.1, 0.15) is 6.10 Å². The second-order valence-electron chi connectivity index (χ2n) is 7.61. The van der Waals surface area contributed by atoms with Crippen molar-refractivity contribution < 1.29 is 14.3 Å². The molecule has 1 unspecified atom stereocenters. The fraction of sp³-hybridized carbons (Fsp3) is 0.391. The highest BCUT2D eigenvalue weighted by atomic mass is 16.6. The molecule has 2 aromatic rings. The highest BCUT2D eigenvalue weighted by molar-refractivity contribution is 6.09. The lowest BCUT2D eigenvalue weighted by molar-refractivity contribution is -0.0330. The molecule has 5 rings (SSSR count). The minimum absolute atomic E-state index is 0.00561. The van der Waals surface area contributed by atoms with Crippen molar-refractivity contribution >= 4 is 11.9 Å². The number of hydrogen-bond donors (Lipinski definition) is 1. The summed E-state index contributed by atoms with van der Waals surface area (Å²) in [6.07, 6.45) is 2.48. The molecule has 146 valence electrons. The number of carbonyl (C=O) groups excluding carboxylic acids is 2. The van der Waals surface area contributed by atoms with Gasteiger partial charge in [0.15, 0.2) is 5.78 Å². The van der Waals surface area contributed by atoms with E-state index in [4.69, 9.17) is 4.74 Å². The van der Waals surface area contributed by atoms with Crippen LogP contribution in [0.2, 0.25) is 0 Å². The summed E-state index contributed by atoms with van der Waals surface area (Å²) in [5, 5.41) is 2.85. The van der Waals surface area contributed by atoms with Gasteiger partial charge >= 0.3 is 6.09 Å². The molecule has 3 heterocycles. The predicted molar refractivity (Wildman–Crippen MR) is 107 cm³/mol. The maximum absolute atomic E-state index is 12.8. The number of alkyl carbamates (subject to hydrolysis) is 1. The van der Waals surface area contributed by atoms with E-state index in [1.807, 2.05) is 54.6 Å². The fourth-order valence-corrected chi connectivity index (χ4v) is 4.23. The van der Waals surface area contributed by atoms with E-state index in [9.17, 15) is 9.59 Å². The molecule has 0 aromatic heterocycles. The molecule has 0 radical (unpaired) electrons. The van der Waals surface area contributed by atoms with Crippen LogP contribution in [0.25, 0.3) is 0 Å². The first-order valence-electron chi connectivity index (χ1n) is 10.0. The van der Waals surface area contributed by atoms with Crippen LogP contribution in [0.15, 0.2) is 54.6 Å². The third-order valence-corrected chi connectivity index (χ3v) is 5.82. The summed E-state index contributed by atoms with van der Waals surface area (Å²) in [5.74, 6) is 0.506.